The molecule has 0 aliphatic carbocycles. The number of hydrogen-bond acceptors (Lipinski definition) is 4. The van der Waals surface area contributed by atoms with Gasteiger partial charge in [0.15, 0.2) is 11.5 Å². The number of rotatable bonds is 4. The maximum absolute atomic E-state index is 9.75. The van der Waals surface area contributed by atoms with Gasteiger partial charge in [-0.25, -0.2) is 0 Å². The molecule has 0 radical (unpaired) electrons. The van der Waals surface area contributed by atoms with Gasteiger partial charge in [0.1, 0.15) is 0 Å². The number of phenolic OH excluding ortho intramolecular Hbond substituents is 1. The van der Waals surface area contributed by atoms with Crippen LogP contribution in [0.4, 0.5) is 0 Å². The van der Waals surface area contributed by atoms with Crippen LogP contribution in [0.25, 0.3) is 0 Å². The van der Waals surface area contributed by atoms with Crippen molar-refractivity contribution >= 4 is 11.3 Å². The number of ether oxygens (including phenoxy) is 1. The van der Waals surface area contributed by atoms with Gasteiger partial charge in [-0.3, -0.25) is 4.90 Å². The second-order valence-corrected chi connectivity index (χ2v) is 6.84. The fourth-order valence-electron chi connectivity index (χ4n) is 3.21. The molecule has 1 aliphatic heterocycles. The molecule has 1 saturated heterocycles. The zero-order chi connectivity index (χ0) is 15.4. The van der Waals surface area contributed by atoms with Crippen molar-refractivity contribution in [3.8, 4) is 11.5 Å². The van der Waals surface area contributed by atoms with E-state index in [2.05, 4.69) is 22.4 Å². The van der Waals surface area contributed by atoms with Crippen molar-refractivity contribution in [3.05, 3.63) is 46.2 Å². The summed E-state index contributed by atoms with van der Waals surface area (Å²) in [5.41, 5.74) is 1.19. The molecule has 1 N–H and O–H groups in total. The highest BCUT2D eigenvalue weighted by molar-refractivity contribution is 7.10. The van der Waals surface area contributed by atoms with Crippen LogP contribution in [-0.2, 0) is 6.54 Å². The standard InChI is InChI=1S/C18H23NO2S/c1-21-17-12-14(8-9-16(17)20)13-19-10-4-2-3-6-15(19)18-7-5-11-22-18/h5,7-9,11-12,15,20H,2-4,6,10,13H2,1H3. The molecule has 2 heterocycles. The first-order valence-corrected chi connectivity index (χ1v) is 8.79. The van der Waals surface area contributed by atoms with E-state index in [0.717, 1.165) is 13.1 Å². The van der Waals surface area contributed by atoms with Crippen LogP contribution in [0.3, 0.4) is 0 Å². The van der Waals surface area contributed by atoms with Crippen molar-refractivity contribution in [1.82, 2.24) is 4.90 Å². The minimum atomic E-state index is 0.205. The lowest BCUT2D eigenvalue weighted by Crippen LogP contribution is -2.27. The van der Waals surface area contributed by atoms with Crippen LogP contribution < -0.4 is 4.74 Å². The molecular weight excluding hydrogens is 294 g/mol. The number of aromatic hydroxyl groups is 1. The molecule has 3 nitrogen and oxygen atoms in total. The van der Waals surface area contributed by atoms with E-state index in [-0.39, 0.29) is 5.75 Å². The minimum Gasteiger partial charge on any atom is -0.504 e. The molecule has 2 aromatic rings. The van der Waals surface area contributed by atoms with E-state index in [0.29, 0.717) is 11.8 Å². The van der Waals surface area contributed by atoms with E-state index in [9.17, 15) is 5.11 Å². The van der Waals surface area contributed by atoms with Crippen LogP contribution in [0, 0.1) is 0 Å². The number of hydrogen-bond donors (Lipinski definition) is 1. The van der Waals surface area contributed by atoms with Gasteiger partial charge in [-0.15, -0.1) is 11.3 Å². The molecule has 1 atom stereocenters. The SMILES string of the molecule is COc1cc(CN2CCCCCC2c2cccs2)ccc1O. The minimum absolute atomic E-state index is 0.205. The first-order valence-electron chi connectivity index (χ1n) is 7.91. The number of nitrogens with zero attached hydrogens (tertiary/aromatic N) is 1. The Kier molecular flexibility index (Phi) is 5.01. The Bertz CT molecular complexity index is 597. The van der Waals surface area contributed by atoms with Crippen LogP contribution in [0.2, 0.25) is 0 Å². The van der Waals surface area contributed by atoms with Crippen molar-refractivity contribution in [3.63, 3.8) is 0 Å². The van der Waals surface area contributed by atoms with Crippen molar-refractivity contribution in [1.29, 1.82) is 0 Å². The Morgan fingerprint density at radius 3 is 2.95 bits per heavy atom. The van der Waals surface area contributed by atoms with Crippen molar-refractivity contribution in [2.45, 2.75) is 38.3 Å². The third-order valence-electron chi connectivity index (χ3n) is 4.37. The van der Waals surface area contributed by atoms with Crippen molar-refractivity contribution < 1.29 is 9.84 Å². The van der Waals surface area contributed by atoms with Crippen LogP contribution in [0.15, 0.2) is 35.7 Å². The first kappa shape index (κ1) is 15.4. The van der Waals surface area contributed by atoms with E-state index < -0.39 is 0 Å². The molecule has 118 valence electrons. The van der Waals surface area contributed by atoms with E-state index in [4.69, 9.17) is 4.74 Å². The Labute approximate surface area is 136 Å². The van der Waals surface area contributed by atoms with Gasteiger partial charge in [0.2, 0.25) is 0 Å². The molecule has 1 fully saturated rings. The molecule has 1 unspecified atom stereocenters. The fraction of sp³-hybridized carbons (Fsp3) is 0.444. The lowest BCUT2D eigenvalue weighted by molar-refractivity contribution is 0.195. The monoisotopic (exact) mass is 317 g/mol. The maximum Gasteiger partial charge on any atom is 0.160 e. The summed E-state index contributed by atoms with van der Waals surface area (Å²) in [5.74, 6) is 0.761. The predicted molar refractivity (Wildman–Crippen MR) is 90.6 cm³/mol. The largest absolute Gasteiger partial charge is 0.504 e. The van der Waals surface area contributed by atoms with E-state index in [1.165, 1.54) is 36.1 Å². The molecule has 1 aliphatic rings. The second kappa shape index (κ2) is 7.16. The maximum atomic E-state index is 9.75. The second-order valence-electron chi connectivity index (χ2n) is 5.86. The van der Waals surface area contributed by atoms with Crippen molar-refractivity contribution in [2.24, 2.45) is 0 Å². The zero-order valence-electron chi connectivity index (χ0n) is 13.0. The van der Waals surface area contributed by atoms with Crippen LogP contribution >= 0.6 is 11.3 Å². The molecular formula is C18H23NO2S. The van der Waals surface area contributed by atoms with Crippen LogP contribution in [0.5, 0.6) is 11.5 Å². The van der Waals surface area contributed by atoms with E-state index >= 15 is 0 Å². The van der Waals surface area contributed by atoms with Gasteiger partial charge >= 0.3 is 0 Å². The third kappa shape index (κ3) is 3.45. The summed E-state index contributed by atoms with van der Waals surface area (Å²) in [6.45, 7) is 2.03. The number of thiophene rings is 1. The van der Waals surface area contributed by atoms with Gasteiger partial charge in [-0.2, -0.15) is 0 Å². The highest BCUT2D eigenvalue weighted by Gasteiger charge is 2.23. The topological polar surface area (TPSA) is 32.7 Å². The summed E-state index contributed by atoms with van der Waals surface area (Å²) in [6, 6.07) is 10.6. The van der Waals surface area contributed by atoms with Gasteiger partial charge in [-0.05, 0) is 48.5 Å². The van der Waals surface area contributed by atoms with Gasteiger partial charge in [0.25, 0.3) is 0 Å². The number of benzene rings is 1. The zero-order valence-corrected chi connectivity index (χ0v) is 13.8. The average Bonchev–Trinajstić information content (AvgIpc) is 2.96. The number of methoxy groups -OCH3 is 1. The van der Waals surface area contributed by atoms with E-state index in [1.54, 1.807) is 13.2 Å². The highest BCUT2D eigenvalue weighted by Crippen LogP contribution is 2.35. The molecule has 0 amide bonds. The van der Waals surface area contributed by atoms with Crippen molar-refractivity contribution in [2.75, 3.05) is 13.7 Å². The van der Waals surface area contributed by atoms with Crippen LogP contribution in [-0.4, -0.2) is 23.7 Å². The molecule has 22 heavy (non-hydrogen) atoms. The molecule has 1 aromatic carbocycles. The molecule has 3 rings (SSSR count). The summed E-state index contributed by atoms with van der Waals surface area (Å²) < 4.78 is 5.23. The van der Waals surface area contributed by atoms with Gasteiger partial charge in [0, 0.05) is 17.5 Å². The highest BCUT2D eigenvalue weighted by atomic mass is 32.1. The summed E-state index contributed by atoms with van der Waals surface area (Å²) >= 11 is 1.86. The number of likely N-dealkylation sites (tertiary alicyclic amines) is 1. The van der Waals surface area contributed by atoms with Gasteiger partial charge < -0.3 is 9.84 Å². The molecule has 1 aromatic heterocycles. The number of phenols is 1. The molecule has 0 spiro atoms. The third-order valence-corrected chi connectivity index (χ3v) is 5.34. The fourth-order valence-corrected chi connectivity index (χ4v) is 4.11. The summed E-state index contributed by atoms with van der Waals surface area (Å²) in [4.78, 5) is 4.04. The molecule has 0 saturated carbocycles. The quantitative estimate of drug-likeness (QED) is 0.896. The summed E-state index contributed by atoms with van der Waals surface area (Å²) in [5, 5.41) is 11.9. The normalized spacial score (nSPS) is 19.8. The Hall–Kier alpha value is -1.52. The van der Waals surface area contributed by atoms with E-state index in [1.807, 2.05) is 23.5 Å². The first-order chi connectivity index (χ1) is 10.8. The van der Waals surface area contributed by atoms with Crippen LogP contribution in [0.1, 0.15) is 42.2 Å². The summed E-state index contributed by atoms with van der Waals surface area (Å²) in [6.07, 6.45) is 5.11. The lowest BCUT2D eigenvalue weighted by Gasteiger charge is -2.29. The molecule has 4 heteroatoms. The lowest BCUT2D eigenvalue weighted by atomic mass is 10.1. The Balaban J connectivity index is 1.81. The predicted octanol–water partition coefficient (Wildman–Crippen LogP) is 4.58. The molecule has 0 bridgehead atoms. The van der Waals surface area contributed by atoms with Gasteiger partial charge in [-0.1, -0.05) is 25.0 Å². The smallest absolute Gasteiger partial charge is 0.160 e. The Morgan fingerprint density at radius 1 is 1.27 bits per heavy atom. The average molecular weight is 317 g/mol. The Morgan fingerprint density at radius 2 is 2.18 bits per heavy atom. The van der Waals surface area contributed by atoms with Gasteiger partial charge in [0.05, 0.1) is 7.11 Å². The summed E-state index contributed by atoms with van der Waals surface area (Å²) in [7, 11) is 1.60.